The molecule has 0 unspecified atom stereocenters. The molecule has 3 rings (SSSR count). The van der Waals surface area contributed by atoms with Gasteiger partial charge in [-0.25, -0.2) is 0 Å². The highest BCUT2D eigenvalue weighted by molar-refractivity contribution is 5.27. The van der Waals surface area contributed by atoms with Crippen molar-refractivity contribution in [3.8, 4) is 0 Å². The van der Waals surface area contributed by atoms with E-state index >= 15 is 0 Å². The zero-order valence-electron chi connectivity index (χ0n) is 20.4. The third-order valence-electron chi connectivity index (χ3n) is 5.98. The smallest absolute Gasteiger partial charge is 0.168 e. The molecule has 0 bridgehead atoms. The Kier molecular flexibility index (Phi) is 10.6. The first-order chi connectivity index (χ1) is 15.0. The molecule has 2 aromatic carbocycles. The van der Waals surface area contributed by atoms with Crippen molar-refractivity contribution in [1.29, 1.82) is 0 Å². The zero-order valence-corrected chi connectivity index (χ0v) is 21.9. The summed E-state index contributed by atoms with van der Waals surface area (Å²) in [5.74, 6) is 0. The minimum atomic E-state index is 0. The minimum Gasteiger partial charge on any atom is -1.00 e. The van der Waals surface area contributed by atoms with Crippen molar-refractivity contribution in [2.24, 2.45) is 0 Å². The van der Waals surface area contributed by atoms with Gasteiger partial charge >= 0.3 is 0 Å². The largest absolute Gasteiger partial charge is 1.00 e. The second kappa shape index (κ2) is 12.9. The molecular weight excluding hydrogens is 458 g/mol. The average molecular weight is 499 g/mol. The van der Waals surface area contributed by atoms with E-state index in [0.29, 0.717) is 0 Å². The molecule has 0 aliphatic carbocycles. The topological polar surface area (TPSA) is 21.7 Å². The number of aryl methyl sites for hydroxylation is 1. The van der Waals surface area contributed by atoms with Gasteiger partial charge < -0.3 is 17.0 Å². The number of aromatic nitrogens is 3. The SMILES string of the molecule is CCCCCCCCc1c[n+](Cc2ccccc2)nn1Cc1ccc(C(C)(C)C)cc1.[Br-]. The highest BCUT2D eigenvalue weighted by Gasteiger charge is 2.18. The highest BCUT2D eigenvalue weighted by Crippen LogP contribution is 2.22. The summed E-state index contributed by atoms with van der Waals surface area (Å²) in [6.45, 7) is 10.7. The first-order valence-electron chi connectivity index (χ1n) is 12.1. The summed E-state index contributed by atoms with van der Waals surface area (Å²) in [7, 11) is 0. The van der Waals surface area contributed by atoms with Crippen molar-refractivity contribution in [1.82, 2.24) is 9.90 Å². The lowest BCUT2D eigenvalue weighted by atomic mass is 9.87. The fourth-order valence-corrected chi connectivity index (χ4v) is 4.00. The minimum absolute atomic E-state index is 0. The summed E-state index contributed by atoms with van der Waals surface area (Å²) in [5.41, 5.74) is 5.51. The van der Waals surface area contributed by atoms with E-state index in [9.17, 15) is 0 Å². The van der Waals surface area contributed by atoms with Gasteiger partial charge in [0, 0.05) is 6.42 Å². The predicted octanol–water partition coefficient (Wildman–Crippen LogP) is 3.47. The molecule has 32 heavy (non-hydrogen) atoms. The van der Waals surface area contributed by atoms with E-state index in [2.05, 4.69) is 97.9 Å². The van der Waals surface area contributed by atoms with Crippen LogP contribution >= 0.6 is 0 Å². The number of nitrogens with zero attached hydrogens (tertiary/aromatic N) is 3. The van der Waals surface area contributed by atoms with E-state index in [4.69, 9.17) is 5.21 Å². The van der Waals surface area contributed by atoms with Gasteiger partial charge in [-0.2, -0.15) is 0 Å². The summed E-state index contributed by atoms with van der Waals surface area (Å²) in [6, 6.07) is 19.7. The summed E-state index contributed by atoms with van der Waals surface area (Å²) >= 11 is 0. The van der Waals surface area contributed by atoms with Crippen LogP contribution < -0.4 is 21.7 Å². The monoisotopic (exact) mass is 497 g/mol. The Morgan fingerprint density at radius 3 is 2.12 bits per heavy atom. The van der Waals surface area contributed by atoms with Crippen molar-refractivity contribution < 1.29 is 21.7 Å². The van der Waals surface area contributed by atoms with E-state index in [1.807, 2.05) is 0 Å². The van der Waals surface area contributed by atoms with Crippen molar-refractivity contribution in [2.75, 3.05) is 0 Å². The van der Waals surface area contributed by atoms with E-state index < -0.39 is 0 Å². The van der Waals surface area contributed by atoms with Gasteiger partial charge in [0.2, 0.25) is 0 Å². The number of hydrogen-bond donors (Lipinski definition) is 0. The Labute approximate surface area is 205 Å². The van der Waals surface area contributed by atoms with Crippen molar-refractivity contribution in [3.63, 3.8) is 0 Å². The Morgan fingerprint density at radius 1 is 0.812 bits per heavy atom. The molecule has 0 aliphatic heterocycles. The van der Waals surface area contributed by atoms with E-state index in [1.54, 1.807) is 0 Å². The third-order valence-corrected chi connectivity index (χ3v) is 5.98. The average Bonchev–Trinajstić information content (AvgIpc) is 3.12. The van der Waals surface area contributed by atoms with Gasteiger partial charge in [0.05, 0.1) is 5.21 Å². The number of benzene rings is 2. The van der Waals surface area contributed by atoms with Crippen LogP contribution in [0.15, 0.2) is 60.8 Å². The lowest BCUT2D eigenvalue weighted by Gasteiger charge is -2.18. The molecule has 0 saturated heterocycles. The molecule has 3 nitrogen and oxygen atoms in total. The van der Waals surface area contributed by atoms with Crippen LogP contribution in [0.25, 0.3) is 0 Å². The molecule has 0 fully saturated rings. The number of unbranched alkanes of at least 4 members (excludes halogenated alkanes) is 5. The molecule has 0 N–H and O–H groups in total. The molecular formula is C28H40BrN3. The Balaban J connectivity index is 0.00000363. The molecule has 0 atom stereocenters. The standard InChI is InChI=1S/C28H40N3.BrH/c1-5-6-7-8-9-13-16-27-23-30(21-24-14-11-10-12-15-24)29-31(27)22-25-17-19-26(20-18-25)28(2,3)4;/h10-12,14-15,17-20,23H,5-9,13,16,21-22H2,1-4H3;1H/q+1;/p-1. The molecule has 0 radical (unpaired) electrons. The molecule has 0 saturated carbocycles. The van der Waals surface area contributed by atoms with Crippen LogP contribution in [-0.4, -0.2) is 9.90 Å². The van der Waals surface area contributed by atoms with Crippen molar-refractivity contribution in [3.05, 3.63) is 83.2 Å². The van der Waals surface area contributed by atoms with Crippen LogP contribution in [0.3, 0.4) is 0 Å². The lowest BCUT2D eigenvalue weighted by Crippen LogP contribution is -3.00. The summed E-state index contributed by atoms with van der Waals surface area (Å²) in [6.07, 6.45) is 11.3. The van der Waals surface area contributed by atoms with Gasteiger partial charge in [-0.3, -0.25) is 0 Å². The molecule has 1 aromatic heterocycles. The van der Waals surface area contributed by atoms with Crippen LogP contribution in [-0.2, 0) is 24.9 Å². The normalized spacial score (nSPS) is 11.4. The highest BCUT2D eigenvalue weighted by atomic mass is 79.9. The van der Waals surface area contributed by atoms with Crippen LogP contribution in [0.1, 0.15) is 88.6 Å². The Morgan fingerprint density at radius 2 is 1.47 bits per heavy atom. The number of halogens is 1. The van der Waals surface area contributed by atoms with Crippen LogP contribution in [0, 0.1) is 0 Å². The number of hydrogen-bond acceptors (Lipinski definition) is 1. The van der Waals surface area contributed by atoms with Crippen molar-refractivity contribution in [2.45, 2.75) is 91.1 Å². The summed E-state index contributed by atoms with van der Waals surface area (Å²) in [4.78, 5) is 0. The molecule has 174 valence electrons. The van der Waals surface area contributed by atoms with Gasteiger partial charge in [-0.15, -0.1) is 9.36 Å². The van der Waals surface area contributed by atoms with Crippen LogP contribution in [0.2, 0.25) is 0 Å². The molecule has 3 aromatic rings. The molecule has 0 amide bonds. The Bertz CT molecular complexity index is 908. The molecule has 1 heterocycles. The molecule has 0 aliphatic rings. The van der Waals surface area contributed by atoms with E-state index in [-0.39, 0.29) is 22.4 Å². The molecule has 4 heteroatoms. The second-order valence-corrected chi connectivity index (χ2v) is 9.82. The predicted molar refractivity (Wildman–Crippen MR) is 129 cm³/mol. The van der Waals surface area contributed by atoms with Gasteiger partial charge in [0.25, 0.3) is 0 Å². The van der Waals surface area contributed by atoms with Gasteiger partial charge in [0.15, 0.2) is 11.9 Å². The summed E-state index contributed by atoms with van der Waals surface area (Å²) in [5, 5.41) is 4.93. The first-order valence-corrected chi connectivity index (χ1v) is 12.1. The summed E-state index contributed by atoms with van der Waals surface area (Å²) < 4.78 is 4.31. The maximum atomic E-state index is 4.93. The fourth-order valence-electron chi connectivity index (χ4n) is 4.00. The van der Waals surface area contributed by atoms with Crippen LogP contribution in [0.4, 0.5) is 0 Å². The quantitative estimate of drug-likeness (QED) is 0.293. The zero-order chi connectivity index (χ0) is 22.1. The third kappa shape index (κ3) is 8.20. The maximum absolute atomic E-state index is 4.93. The second-order valence-electron chi connectivity index (χ2n) is 9.82. The molecule has 0 spiro atoms. The van der Waals surface area contributed by atoms with Crippen molar-refractivity contribution >= 4 is 0 Å². The van der Waals surface area contributed by atoms with E-state index in [1.165, 1.54) is 60.9 Å². The number of rotatable bonds is 11. The fraction of sp³-hybridized carbons (Fsp3) is 0.500. The van der Waals surface area contributed by atoms with Gasteiger partial charge in [-0.1, -0.05) is 114 Å². The Hall–Kier alpha value is -1.94. The van der Waals surface area contributed by atoms with Gasteiger partial charge in [-0.05, 0) is 28.5 Å². The maximum Gasteiger partial charge on any atom is 0.168 e. The first kappa shape index (κ1) is 26.3. The lowest BCUT2D eigenvalue weighted by molar-refractivity contribution is -0.747. The van der Waals surface area contributed by atoms with Crippen LogP contribution in [0.5, 0.6) is 0 Å². The van der Waals surface area contributed by atoms with E-state index in [0.717, 1.165) is 19.5 Å². The van der Waals surface area contributed by atoms with Gasteiger partial charge in [0.1, 0.15) is 13.1 Å².